The molecular formula is C11H24N2. The van der Waals surface area contributed by atoms with Crippen LogP contribution in [-0.2, 0) is 0 Å². The molecule has 1 fully saturated rings. The highest BCUT2D eigenvalue weighted by molar-refractivity contribution is 4.77. The van der Waals surface area contributed by atoms with E-state index in [9.17, 15) is 0 Å². The summed E-state index contributed by atoms with van der Waals surface area (Å²) in [6, 6.07) is 0.892. The maximum atomic E-state index is 3.39. The van der Waals surface area contributed by atoms with Crippen molar-refractivity contribution in [2.24, 2.45) is 0 Å². The van der Waals surface area contributed by atoms with Gasteiger partial charge in [-0.15, -0.1) is 0 Å². The maximum absolute atomic E-state index is 3.39. The molecule has 0 amide bonds. The van der Waals surface area contributed by atoms with E-state index in [-0.39, 0.29) is 0 Å². The van der Waals surface area contributed by atoms with Gasteiger partial charge < -0.3 is 10.2 Å². The van der Waals surface area contributed by atoms with Gasteiger partial charge in [0.1, 0.15) is 0 Å². The highest BCUT2D eigenvalue weighted by Crippen LogP contribution is 2.20. The normalized spacial score (nSPS) is 24.0. The van der Waals surface area contributed by atoms with Gasteiger partial charge >= 0.3 is 0 Å². The molecule has 0 aromatic heterocycles. The Labute approximate surface area is 82.7 Å². The second kappa shape index (κ2) is 6.39. The van der Waals surface area contributed by atoms with E-state index in [2.05, 4.69) is 24.1 Å². The molecule has 0 aromatic rings. The number of nitrogens with zero attached hydrogens (tertiary/aromatic N) is 1. The maximum Gasteiger partial charge on any atom is 0.00960 e. The quantitative estimate of drug-likeness (QED) is 0.634. The number of hydrogen-bond acceptors (Lipinski definition) is 2. The second-order valence-electron chi connectivity index (χ2n) is 3.92. The van der Waals surface area contributed by atoms with Gasteiger partial charge in [-0.3, -0.25) is 0 Å². The van der Waals surface area contributed by atoms with Crippen LogP contribution in [0.2, 0.25) is 0 Å². The highest BCUT2D eigenvalue weighted by atomic mass is 15.2. The topological polar surface area (TPSA) is 15.3 Å². The van der Waals surface area contributed by atoms with Crippen LogP contribution in [0.1, 0.15) is 39.5 Å². The third kappa shape index (κ3) is 3.65. The van der Waals surface area contributed by atoms with Crippen molar-refractivity contribution in [2.75, 3.05) is 26.2 Å². The predicted molar refractivity (Wildman–Crippen MR) is 58.0 cm³/mol. The van der Waals surface area contributed by atoms with E-state index in [1.54, 1.807) is 0 Å². The fourth-order valence-electron chi connectivity index (χ4n) is 2.28. The van der Waals surface area contributed by atoms with E-state index < -0.39 is 0 Å². The largest absolute Gasteiger partial charge is 0.317 e. The van der Waals surface area contributed by atoms with Crippen molar-refractivity contribution in [2.45, 2.75) is 45.6 Å². The zero-order valence-electron chi connectivity index (χ0n) is 9.18. The molecule has 1 atom stereocenters. The highest BCUT2D eigenvalue weighted by Gasteiger charge is 2.21. The number of rotatable bonds is 6. The molecule has 0 spiro atoms. The number of hydrogen-bond donors (Lipinski definition) is 1. The average molecular weight is 184 g/mol. The third-order valence-corrected chi connectivity index (χ3v) is 3.05. The predicted octanol–water partition coefficient (Wildman–Crippen LogP) is 1.86. The van der Waals surface area contributed by atoms with Gasteiger partial charge in [0.25, 0.3) is 0 Å². The Bertz CT molecular complexity index is 125. The average Bonchev–Trinajstić information content (AvgIpc) is 2.60. The Hall–Kier alpha value is -0.0800. The lowest BCUT2D eigenvalue weighted by molar-refractivity contribution is 0.252. The van der Waals surface area contributed by atoms with Crippen molar-refractivity contribution in [1.29, 1.82) is 0 Å². The summed E-state index contributed by atoms with van der Waals surface area (Å²) >= 11 is 0. The van der Waals surface area contributed by atoms with Crippen molar-refractivity contribution in [3.63, 3.8) is 0 Å². The van der Waals surface area contributed by atoms with E-state index in [0.29, 0.717) is 0 Å². The Morgan fingerprint density at radius 2 is 2.23 bits per heavy atom. The summed E-state index contributed by atoms with van der Waals surface area (Å²) in [5.74, 6) is 0. The molecule has 0 bridgehead atoms. The lowest BCUT2D eigenvalue weighted by Crippen LogP contribution is -2.29. The van der Waals surface area contributed by atoms with E-state index in [1.165, 1.54) is 45.3 Å². The van der Waals surface area contributed by atoms with E-state index in [1.807, 2.05) is 0 Å². The third-order valence-electron chi connectivity index (χ3n) is 3.05. The molecule has 1 aliphatic rings. The summed E-state index contributed by atoms with van der Waals surface area (Å²) in [5, 5.41) is 3.39. The van der Waals surface area contributed by atoms with Crippen LogP contribution in [0.25, 0.3) is 0 Å². The van der Waals surface area contributed by atoms with Crippen LogP contribution in [0.3, 0.4) is 0 Å². The minimum atomic E-state index is 0.892. The van der Waals surface area contributed by atoms with Crippen molar-refractivity contribution in [3.8, 4) is 0 Å². The first-order valence-electron chi connectivity index (χ1n) is 5.83. The van der Waals surface area contributed by atoms with Gasteiger partial charge in [0.15, 0.2) is 0 Å². The van der Waals surface area contributed by atoms with Crippen LogP contribution in [0.4, 0.5) is 0 Å². The Balaban J connectivity index is 2.06. The van der Waals surface area contributed by atoms with Gasteiger partial charge in [-0.25, -0.2) is 0 Å². The summed E-state index contributed by atoms with van der Waals surface area (Å²) in [6.07, 6.45) is 5.58. The summed E-state index contributed by atoms with van der Waals surface area (Å²) in [5.41, 5.74) is 0. The lowest BCUT2D eigenvalue weighted by atomic mass is 10.1. The first-order chi connectivity index (χ1) is 6.38. The van der Waals surface area contributed by atoms with Crippen molar-refractivity contribution in [3.05, 3.63) is 0 Å². The summed E-state index contributed by atoms with van der Waals surface area (Å²) < 4.78 is 0. The van der Waals surface area contributed by atoms with Gasteiger partial charge in [0.05, 0.1) is 0 Å². The Morgan fingerprint density at radius 3 is 2.92 bits per heavy atom. The van der Waals surface area contributed by atoms with E-state index in [4.69, 9.17) is 0 Å². The fourth-order valence-corrected chi connectivity index (χ4v) is 2.28. The van der Waals surface area contributed by atoms with Crippen LogP contribution in [-0.4, -0.2) is 37.1 Å². The standard InChI is InChI=1S/C11H24N2/c1-3-12-9-5-7-11-8-6-10-13(11)4-2/h11-12H,3-10H2,1-2H3/t11-/m0/s1. The molecule has 78 valence electrons. The molecule has 2 nitrogen and oxygen atoms in total. The minimum absolute atomic E-state index is 0.892. The smallest absolute Gasteiger partial charge is 0.00960 e. The van der Waals surface area contributed by atoms with E-state index in [0.717, 1.165) is 12.6 Å². The molecule has 0 aromatic carbocycles. The molecule has 0 aliphatic carbocycles. The summed E-state index contributed by atoms with van der Waals surface area (Å²) in [4.78, 5) is 2.63. The van der Waals surface area contributed by atoms with Crippen LogP contribution < -0.4 is 5.32 Å². The molecule has 1 heterocycles. The zero-order chi connectivity index (χ0) is 9.52. The molecule has 1 aliphatic heterocycles. The number of likely N-dealkylation sites (tertiary alicyclic amines) is 1. The number of nitrogens with one attached hydrogen (secondary N) is 1. The van der Waals surface area contributed by atoms with Gasteiger partial charge in [0.2, 0.25) is 0 Å². The van der Waals surface area contributed by atoms with Gasteiger partial charge in [-0.1, -0.05) is 13.8 Å². The van der Waals surface area contributed by atoms with Crippen LogP contribution in [0.15, 0.2) is 0 Å². The van der Waals surface area contributed by atoms with Crippen molar-refractivity contribution in [1.82, 2.24) is 10.2 Å². The van der Waals surface area contributed by atoms with Crippen LogP contribution >= 0.6 is 0 Å². The van der Waals surface area contributed by atoms with Gasteiger partial charge in [-0.2, -0.15) is 0 Å². The summed E-state index contributed by atoms with van der Waals surface area (Å²) in [7, 11) is 0. The van der Waals surface area contributed by atoms with Crippen LogP contribution in [0, 0.1) is 0 Å². The SMILES string of the molecule is CCNCCC[C@H]1CCCN1CC. The van der Waals surface area contributed by atoms with Crippen molar-refractivity contribution < 1.29 is 0 Å². The van der Waals surface area contributed by atoms with Gasteiger partial charge in [-0.05, 0) is 51.9 Å². The zero-order valence-corrected chi connectivity index (χ0v) is 9.18. The Kier molecular flexibility index (Phi) is 5.40. The molecule has 0 radical (unpaired) electrons. The molecular weight excluding hydrogens is 160 g/mol. The van der Waals surface area contributed by atoms with E-state index >= 15 is 0 Å². The molecule has 0 unspecified atom stereocenters. The van der Waals surface area contributed by atoms with Gasteiger partial charge in [0, 0.05) is 6.04 Å². The minimum Gasteiger partial charge on any atom is -0.317 e. The molecule has 1 N–H and O–H groups in total. The first-order valence-corrected chi connectivity index (χ1v) is 5.83. The van der Waals surface area contributed by atoms with Crippen molar-refractivity contribution >= 4 is 0 Å². The Morgan fingerprint density at radius 1 is 1.38 bits per heavy atom. The molecule has 13 heavy (non-hydrogen) atoms. The first kappa shape index (κ1) is 11.0. The second-order valence-corrected chi connectivity index (χ2v) is 3.92. The molecule has 2 heteroatoms. The fraction of sp³-hybridized carbons (Fsp3) is 1.00. The molecule has 1 saturated heterocycles. The molecule has 0 saturated carbocycles. The lowest BCUT2D eigenvalue weighted by Gasteiger charge is -2.22. The van der Waals surface area contributed by atoms with Crippen LogP contribution in [0.5, 0.6) is 0 Å². The monoisotopic (exact) mass is 184 g/mol. The summed E-state index contributed by atoms with van der Waals surface area (Å²) in [6.45, 7) is 9.34. The molecule has 1 rings (SSSR count).